The third-order valence-corrected chi connectivity index (χ3v) is 9.70. The Hall–Kier alpha value is -4.96. The lowest BCUT2D eigenvalue weighted by molar-refractivity contribution is -0.870. The van der Waals surface area contributed by atoms with Crippen LogP contribution in [-0.2, 0) is 22.6 Å². The molecule has 0 radical (unpaired) electrons. The second kappa shape index (κ2) is 14.9. The van der Waals surface area contributed by atoms with Crippen LogP contribution in [0.2, 0.25) is 0 Å². The van der Waals surface area contributed by atoms with E-state index in [0.29, 0.717) is 44.6 Å². The van der Waals surface area contributed by atoms with Crippen LogP contribution in [0.15, 0.2) is 73.1 Å². The first-order chi connectivity index (χ1) is 24.0. The Labute approximate surface area is 295 Å². The molecule has 4 amide bonds. The summed E-state index contributed by atoms with van der Waals surface area (Å²) in [6.45, 7) is 6.74. The van der Waals surface area contributed by atoms with Gasteiger partial charge in [-0.25, -0.2) is 9.69 Å². The number of carbonyl (C=O) groups excluding carboxylic acids is 3. The topological polar surface area (TPSA) is 96.8 Å². The van der Waals surface area contributed by atoms with E-state index in [1.54, 1.807) is 6.07 Å². The lowest BCUT2D eigenvalue weighted by Gasteiger charge is -2.31. The van der Waals surface area contributed by atoms with Crippen molar-refractivity contribution in [2.24, 2.45) is 0 Å². The highest BCUT2D eigenvalue weighted by Gasteiger charge is 2.39. The summed E-state index contributed by atoms with van der Waals surface area (Å²) in [5.41, 5.74) is 8.02. The zero-order valence-electron chi connectivity index (χ0n) is 29.9. The van der Waals surface area contributed by atoms with Crippen LogP contribution in [0, 0.1) is 13.8 Å². The summed E-state index contributed by atoms with van der Waals surface area (Å²) in [6.07, 6.45) is 8.21. The molecule has 4 aromatic rings. The number of hydrogen-bond donors (Lipinski definition) is 1. The van der Waals surface area contributed by atoms with Crippen LogP contribution in [0.25, 0.3) is 11.1 Å². The smallest absolute Gasteiger partial charge is 0.329 e. The first-order valence-corrected chi connectivity index (χ1v) is 17.7. The number of anilines is 2. The average Bonchev–Trinajstić information content (AvgIpc) is 3.66. The molecule has 0 spiro atoms. The maximum absolute atomic E-state index is 13.4. The molecule has 0 saturated carbocycles. The number of nitrogens with zero attached hydrogens (tertiary/aromatic N) is 5. The third kappa shape index (κ3) is 7.91. The van der Waals surface area contributed by atoms with Crippen molar-refractivity contribution in [3.05, 3.63) is 95.3 Å². The molecule has 1 N–H and O–H groups in total. The first-order valence-electron chi connectivity index (χ1n) is 17.7. The minimum atomic E-state index is -0.503. The number of imide groups is 1. The van der Waals surface area contributed by atoms with Crippen molar-refractivity contribution < 1.29 is 23.6 Å². The maximum atomic E-state index is 13.4. The van der Waals surface area contributed by atoms with Gasteiger partial charge in [0.15, 0.2) is 0 Å². The van der Waals surface area contributed by atoms with Gasteiger partial charge in [-0.1, -0.05) is 36.4 Å². The van der Waals surface area contributed by atoms with Crippen molar-refractivity contribution in [2.45, 2.75) is 65.0 Å². The molecule has 2 aliphatic rings. The monoisotopic (exact) mass is 677 g/mol. The van der Waals surface area contributed by atoms with Gasteiger partial charge in [0.05, 0.1) is 52.7 Å². The Kier molecular flexibility index (Phi) is 10.4. The predicted octanol–water partition coefficient (Wildman–Crippen LogP) is 6.26. The molecule has 10 nitrogen and oxygen atoms in total. The summed E-state index contributed by atoms with van der Waals surface area (Å²) in [5.74, 6) is 0.786. The molecule has 1 fully saturated rings. The van der Waals surface area contributed by atoms with E-state index in [1.807, 2.05) is 64.4 Å². The molecule has 0 bridgehead atoms. The number of hydrogen-bond acceptors (Lipinski definition) is 5. The van der Waals surface area contributed by atoms with Crippen LogP contribution < -0.4 is 19.9 Å². The van der Waals surface area contributed by atoms with E-state index in [4.69, 9.17) is 4.74 Å². The zero-order chi connectivity index (χ0) is 35.4. The van der Waals surface area contributed by atoms with Crippen molar-refractivity contribution >= 4 is 29.2 Å². The fourth-order valence-electron chi connectivity index (χ4n) is 6.89. The van der Waals surface area contributed by atoms with E-state index in [-0.39, 0.29) is 17.8 Å². The number of benzene rings is 3. The maximum Gasteiger partial charge on any atom is 0.329 e. The number of carbonyl (C=O) groups is 3. The Bertz CT molecular complexity index is 1880. The summed E-state index contributed by atoms with van der Waals surface area (Å²) in [6, 6.07) is 18.8. The van der Waals surface area contributed by atoms with Gasteiger partial charge in [-0.15, -0.1) is 0 Å². The second-order valence-corrected chi connectivity index (χ2v) is 14.5. The Morgan fingerprint density at radius 1 is 1.02 bits per heavy atom. The third-order valence-electron chi connectivity index (χ3n) is 9.70. The molecule has 3 aromatic carbocycles. The van der Waals surface area contributed by atoms with Gasteiger partial charge in [0, 0.05) is 30.4 Å². The van der Waals surface area contributed by atoms with Gasteiger partial charge in [0.25, 0.3) is 5.91 Å². The SMILES string of the molecule is Cc1cccc(OCCCC(=O)N2CCCc3c(-c4cnn(Cc5cccc(N6C(=O)N[C@@H](CCC[N+](C)(C)C)C6=O)c5)c4)cccc32)c1C. The van der Waals surface area contributed by atoms with E-state index < -0.39 is 6.04 Å². The fourth-order valence-corrected chi connectivity index (χ4v) is 6.89. The van der Waals surface area contributed by atoms with E-state index >= 15 is 0 Å². The Morgan fingerprint density at radius 3 is 2.64 bits per heavy atom. The molecule has 0 aliphatic carbocycles. The van der Waals surface area contributed by atoms with Crippen LogP contribution >= 0.6 is 0 Å². The molecule has 1 saturated heterocycles. The van der Waals surface area contributed by atoms with Crippen molar-refractivity contribution in [2.75, 3.05) is 50.6 Å². The van der Waals surface area contributed by atoms with Gasteiger partial charge in [-0.3, -0.25) is 14.3 Å². The summed E-state index contributed by atoms with van der Waals surface area (Å²) in [7, 11) is 6.35. The predicted molar refractivity (Wildman–Crippen MR) is 196 cm³/mol. The number of nitrogens with one attached hydrogen (secondary N) is 1. The van der Waals surface area contributed by atoms with Crippen LogP contribution in [0.5, 0.6) is 5.75 Å². The molecule has 50 heavy (non-hydrogen) atoms. The average molecular weight is 678 g/mol. The number of urea groups is 1. The molecular weight excluding hydrogens is 628 g/mol. The summed E-state index contributed by atoms with van der Waals surface area (Å²) in [5, 5.41) is 7.53. The quantitative estimate of drug-likeness (QED) is 0.102. The van der Waals surface area contributed by atoms with E-state index in [9.17, 15) is 14.4 Å². The number of quaternary nitrogens is 1. The number of aryl methyl sites for hydroxylation is 1. The molecule has 6 rings (SSSR count). The van der Waals surface area contributed by atoms with Gasteiger partial charge in [-0.2, -0.15) is 5.10 Å². The van der Waals surface area contributed by atoms with Crippen LogP contribution in [0.3, 0.4) is 0 Å². The molecule has 1 atom stereocenters. The summed E-state index contributed by atoms with van der Waals surface area (Å²) >= 11 is 0. The number of ether oxygens (including phenoxy) is 1. The minimum absolute atomic E-state index is 0.115. The van der Waals surface area contributed by atoms with Gasteiger partial charge in [0.2, 0.25) is 5.91 Å². The molecule has 262 valence electrons. The normalized spacial score (nSPS) is 16.1. The second-order valence-electron chi connectivity index (χ2n) is 14.5. The van der Waals surface area contributed by atoms with Gasteiger partial charge in [-0.05, 0) is 98.0 Å². The standard InChI is InChI=1S/C40H48N6O4/c1-28-12-6-19-37(29(28)2)50-23-11-20-38(47)44-21-9-16-34-33(15-8-18-36(34)44)31-25-41-43(27-31)26-30-13-7-14-32(24-30)45-39(48)35(42-40(45)49)17-10-22-46(3,4)5/h6-8,12-15,18-19,24-25,27,35H,9-11,16-17,20-23,26H2,1-5H3/p+1/t35-/m0/s1. The number of fused-ring (bicyclic) bond motifs is 1. The van der Waals surface area contributed by atoms with Crippen LogP contribution in [-0.4, -0.2) is 79.0 Å². The number of amides is 4. The highest BCUT2D eigenvalue weighted by molar-refractivity contribution is 6.21. The minimum Gasteiger partial charge on any atom is -0.493 e. The number of rotatable bonds is 13. The van der Waals surface area contributed by atoms with E-state index in [0.717, 1.165) is 69.5 Å². The van der Waals surface area contributed by atoms with E-state index in [2.05, 4.69) is 57.5 Å². The highest BCUT2D eigenvalue weighted by atomic mass is 16.5. The van der Waals surface area contributed by atoms with Crippen molar-refractivity contribution in [1.29, 1.82) is 0 Å². The lowest BCUT2D eigenvalue weighted by atomic mass is 9.93. The van der Waals surface area contributed by atoms with Gasteiger partial charge < -0.3 is 19.4 Å². The highest BCUT2D eigenvalue weighted by Crippen LogP contribution is 2.36. The first kappa shape index (κ1) is 34.9. The van der Waals surface area contributed by atoms with E-state index in [1.165, 1.54) is 10.5 Å². The molecular formula is C40H49N6O4+. The molecule has 10 heteroatoms. The summed E-state index contributed by atoms with van der Waals surface area (Å²) < 4.78 is 8.68. The van der Waals surface area contributed by atoms with Crippen molar-refractivity contribution in [3.8, 4) is 16.9 Å². The largest absolute Gasteiger partial charge is 0.493 e. The fraction of sp³-hybridized carbons (Fsp3) is 0.400. The molecule has 0 unspecified atom stereocenters. The van der Waals surface area contributed by atoms with Crippen molar-refractivity contribution in [1.82, 2.24) is 15.1 Å². The number of aromatic nitrogens is 2. The van der Waals surface area contributed by atoms with Crippen molar-refractivity contribution in [3.63, 3.8) is 0 Å². The van der Waals surface area contributed by atoms with Gasteiger partial charge in [0.1, 0.15) is 11.8 Å². The molecule has 3 heterocycles. The van der Waals surface area contributed by atoms with Gasteiger partial charge >= 0.3 is 6.03 Å². The zero-order valence-corrected chi connectivity index (χ0v) is 29.9. The summed E-state index contributed by atoms with van der Waals surface area (Å²) in [4.78, 5) is 42.7. The molecule has 2 aliphatic heterocycles. The Morgan fingerprint density at radius 2 is 1.82 bits per heavy atom. The Balaban J connectivity index is 1.09. The lowest BCUT2D eigenvalue weighted by Crippen LogP contribution is -2.37. The molecule has 1 aromatic heterocycles. The van der Waals surface area contributed by atoms with Crippen LogP contribution in [0.4, 0.5) is 16.2 Å². The van der Waals surface area contributed by atoms with Crippen LogP contribution in [0.1, 0.15) is 54.4 Å².